The first-order valence-electron chi connectivity index (χ1n) is 7.90. The van der Waals surface area contributed by atoms with Gasteiger partial charge in [-0.25, -0.2) is 0 Å². The summed E-state index contributed by atoms with van der Waals surface area (Å²) in [6, 6.07) is 2.05. The van der Waals surface area contributed by atoms with Crippen molar-refractivity contribution in [2.24, 2.45) is 0 Å². The number of aliphatic carboxylic acids is 1. The zero-order valence-electron chi connectivity index (χ0n) is 15.4. The highest BCUT2D eigenvalue weighted by molar-refractivity contribution is 5.69. The molecule has 0 bridgehead atoms. The van der Waals surface area contributed by atoms with Crippen LogP contribution in [0.4, 0.5) is 0 Å². The standard InChI is InChI=1S/C21H26O3/c1-14(8-7-9-15(2)12-21(22)23)10-11-19-16(3)13-20(24-6)18(5)17(19)4/h7-8,10-11,13H,12H2,1-6H3,(H,22,23). The van der Waals surface area contributed by atoms with Gasteiger partial charge in [0.1, 0.15) is 5.75 Å². The van der Waals surface area contributed by atoms with Crippen LogP contribution in [-0.4, -0.2) is 18.2 Å². The topological polar surface area (TPSA) is 46.5 Å². The second-order valence-electron chi connectivity index (χ2n) is 5.97. The third kappa shape index (κ3) is 5.60. The molecular weight excluding hydrogens is 300 g/mol. The van der Waals surface area contributed by atoms with E-state index >= 15 is 0 Å². The first kappa shape index (κ1) is 19.5. The summed E-state index contributed by atoms with van der Waals surface area (Å²) in [5.41, 5.74) is 9.47. The molecule has 0 atom stereocenters. The average Bonchev–Trinajstić information content (AvgIpc) is 2.50. The molecule has 24 heavy (non-hydrogen) atoms. The van der Waals surface area contributed by atoms with Crippen molar-refractivity contribution in [3.63, 3.8) is 0 Å². The summed E-state index contributed by atoms with van der Waals surface area (Å²) in [6.45, 7) is 10.00. The Morgan fingerprint density at radius 2 is 1.92 bits per heavy atom. The van der Waals surface area contributed by atoms with E-state index in [1.165, 1.54) is 16.7 Å². The van der Waals surface area contributed by atoms with Gasteiger partial charge < -0.3 is 9.84 Å². The first-order valence-corrected chi connectivity index (χ1v) is 7.90. The van der Waals surface area contributed by atoms with Crippen molar-refractivity contribution in [1.82, 2.24) is 0 Å². The lowest BCUT2D eigenvalue weighted by atomic mass is 9.96. The van der Waals surface area contributed by atoms with Gasteiger partial charge in [-0.2, -0.15) is 0 Å². The number of hydrogen-bond acceptors (Lipinski definition) is 2. The number of hydrogen-bond donors (Lipinski definition) is 1. The van der Waals surface area contributed by atoms with Crippen LogP contribution in [0.2, 0.25) is 0 Å². The Labute approximate surface area is 144 Å². The highest BCUT2D eigenvalue weighted by Crippen LogP contribution is 2.28. The van der Waals surface area contributed by atoms with Gasteiger partial charge in [0, 0.05) is 0 Å². The number of carboxylic acids is 1. The molecule has 1 rings (SSSR count). The van der Waals surface area contributed by atoms with Crippen molar-refractivity contribution in [3.8, 4) is 5.75 Å². The van der Waals surface area contributed by atoms with Gasteiger partial charge >= 0.3 is 5.97 Å². The molecule has 1 aromatic rings. The van der Waals surface area contributed by atoms with Crippen molar-refractivity contribution in [2.75, 3.05) is 7.11 Å². The normalized spacial score (nSPS) is 11.3. The van der Waals surface area contributed by atoms with E-state index in [-0.39, 0.29) is 6.42 Å². The van der Waals surface area contributed by atoms with Gasteiger partial charge in [0.15, 0.2) is 0 Å². The second kappa shape index (κ2) is 8.95. The van der Waals surface area contributed by atoms with Gasteiger partial charge in [-0.1, -0.05) is 23.8 Å². The molecule has 0 heterocycles. The van der Waals surface area contributed by atoms with Crippen molar-refractivity contribution in [2.45, 2.75) is 41.0 Å². The van der Waals surface area contributed by atoms with E-state index in [4.69, 9.17) is 9.84 Å². The maximum Gasteiger partial charge on any atom is 0.308 e. The van der Waals surface area contributed by atoms with Gasteiger partial charge in [-0.3, -0.25) is 4.79 Å². The molecule has 0 aliphatic carbocycles. The zero-order valence-corrected chi connectivity index (χ0v) is 15.4. The summed E-state index contributed by atoms with van der Waals surface area (Å²) in [7, 11) is 1.69. The molecule has 0 aliphatic heterocycles. The van der Waals surface area contributed by atoms with E-state index in [9.17, 15) is 4.79 Å². The number of carboxylic acid groups (broad SMARTS) is 1. The average molecular weight is 326 g/mol. The molecule has 0 unspecified atom stereocenters. The highest BCUT2D eigenvalue weighted by Gasteiger charge is 2.08. The molecule has 0 radical (unpaired) electrons. The predicted octanol–water partition coefficient (Wildman–Crippen LogP) is 5.16. The third-order valence-corrected chi connectivity index (χ3v) is 3.93. The fourth-order valence-electron chi connectivity index (χ4n) is 2.40. The number of carbonyl (C=O) groups is 1. The van der Waals surface area contributed by atoms with Crippen LogP contribution in [-0.2, 0) is 4.79 Å². The van der Waals surface area contributed by atoms with Crippen LogP contribution in [0.1, 0.15) is 42.5 Å². The van der Waals surface area contributed by atoms with Crippen molar-refractivity contribution in [3.05, 3.63) is 63.4 Å². The Balaban J connectivity index is 3.01. The van der Waals surface area contributed by atoms with E-state index in [1.807, 2.05) is 19.1 Å². The molecule has 0 amide bonds. The SMILES string of the molecule is COc1cc(C)c(C=CC(C)=CC=C=C(C)CC(=O)O)c(C)c1C. The monoisotopic (exact) mass is 326 g/mol. The Bertz CT molecular complexity index is 743. The molecule has 0 saturated heterocycles. The van der Waals surface area contributed by atoms with E-state index in [0.29, 0.717) is 5.57 Å². The van der Waals surface area contributed by atoms with Crippen molar-refractivity contribution in [1.29, 1.82) is 0 Å². The van der Waals surface area contributed by atoms with Crippen LogP contribution >= 0.6 is 0 Å². The van der Waals surface area contributed by atoms with E-state index < -0.39 is 5.97 Å². The van der Waals surface area contributed by atoms with Crippen LogP contribution in [0, 0.1) is 20.8 Å². The Morgan fingerprint density at radius 1 is 1.25 bits per heavy atom. The summed E-state index contributed by atoms with van der Waals surface area (Å²) in [5.74, 6) is 0.0752. The van der Waals surface area contributed by atoms with Crippen LogP contribution in [0.3, 0.4) is 0 Å². The molecule has 1 N–H and O–H groups in total. The van der Waals surface area contributed by atoms with Gasteiger partial charge in [0.25, 0.3) is 0 Å². The molecule has 128 valence electrons. The number of benzene rings is 1. The summed E-state index contributed by atoms with van der Waals surface area (Å²) >= 11 is 0. The van der Waals surface area contributed by atoms with Crippen LogP contribution in [0.15, 0.2) is 41.2 Å². The van der Waals surface area contributed by atoms with Gasteiger partial charge in [0.2, 0.25) is 0 Å². The van der Waals surface area contributed by atoms with Gasteiger partial charge in [-0.05, 0) is 74.6 Å². The Kier molecular flexibility index (Phi) is 7.29. The number of rotatable bonds is 6. The van der Waals surface area contributed by atoms with Crippen molar-refractivity contribution < 1.29 is 14.6 Å². The first-order chi connectivity index (χ1) is 11.3. The maximum atomic E-state index is 10.6. The van der Waals surface area contributed by atoms with Crippen molar-refractivity contribution >= 4 is 12.0 Å². The van der Waals surface area contributed by atoms with E-state index in [0.717, 1.165) is 16.9 Å². The minimum atomic E-state index is -0.838. The Morgan fingerprint density at radius 3 is 2.50 bits per heavy atom. The molecule has 0 saturated carbocycles. The van der Waals surface area contributed by atoms with Crippen LogP contribution < -0.4 is 4.74 Å². The predicted molar refractivity (Wildman–Crippen MR) is 99.5 cm³/mol. The number of methoxy groups -OCH3 is 1. The lowest BCUT2D eigenvalue weighted by molar-refractivity contribution is -0.136. The Hall–Kier alpha value is -2.51. The third-order valence-electron chi connectivity index (χ3n) is 3.93. The molecule has 0 fully saturated rings. The summed E-state index contributed by atoms with van der Waals surface area (Å²) in [4.78, 5) is 10.6. The van der Waals surface area contributed by atoms with E-state index in [1.54, 1.807) is 20.1 Å². The fraction of sp³-hybridized carbons (Fsp3) is 0.333. The molecule has 0 aliphatic rings. The molecular formula is C21H26O3. The summed E-state index contributed by atoms with van der Waals surface area (Å²) in [5, 5.41) is 8.70. The van der Waals surface area contributed by atoms with Gasteiger partial charge in [0.05, 0.1) is 13.5 Å². The summed E-state index contributed by atoms with van der Waals surface area (Å²) in [6.07, 6.45) is 7.85. The highest BCUT2D eigenvalue weighted by atomic mass is 16.5. The molecule has 0 aromatic heterocycles. The molecule has 3 nitrogen and oxygen atoms in total. The van der Waals surface area contributed by atoms with E-state index in [2.05, 4.69) is 38.6 Å². The van der Waals surface area contributed by atoms with Crippen LogP contribution in [0.5, 0.6) is 5.75 Å². The fourth-order valence-corrected chi connectivity index (χ4v) is 2.40. The van der Waals surface area contributed by atoms with Gasteiger partial charge in [-0.15, -0.1) is 5.73 Å². The quantitative estimate of drug-likeness (QED) is 0.580. The largest absolute Gasteiger partial charge is 0.496 e. The second-order valence-corrected chi connectivity index (χ2v) is 5.97. The lowest BCUT2D eigenvalue weighted by Crippen LogP contribution is -1.95. The smallest absolute Gasteiger partial charge is 0.308 e. The number of allylic oxidation sites excluding steroid dienone is 3. The molecule has 0 spiro atoms. The molecule has 1 aromatic carbocycles. The maximum absolute atomic E-state index is 10.6. The number of ether oxygens (including phenoxy) is 1. The molecule has 3 heteroatoms. The minimum absolute atomic E-state index is 0.0166. The lowest BCUT2D eigenvalue weighted by Gasteiger charge is -2.13. The number of aryl methyl sites for hydroxylation is 1. The minimum Gasteiger partial charge on any atom is -0.496 e. The van der Waals surface area contributed by atoms with Crippen LogP contribution in [0.25, 0.3) is 6.08 Å². The zero-order chi connectivity index (χ0) is 18.3. The summed E-state index contributed by atoms with van der Waals surface area (Å²) < 4.78 is 5.40.